The zero-order valence-electron chi connectivity index (χ0n) is 6.55. The van der Waals surface area contributed by atoms with Gasteiger partial charge in [0.05, 0.1) is 0 Å². The SMILES string of the molecule is CCn1c(=O)[nH]cc(C)c1=O. The van der Waals surface area contributed by atoms with E-state index in [1.165, 1.54) is 6.20 Å². The standard InChI is InChI=1S/C7H10N2O2/c1-3-9-6(10)5(2)4-8-7(9)11/h4H,3H2,1-2H3,(H,8,11). The maximum atomic E-state index is 11.2. The Labute approximate surface area is 63.5 Å². The first-order chi connectivity index (χ1) is 5.16. The summed E-state index contributed by atoms with van der Waals surface area (Å²) in [4.78, 5) is 24.6. The molecule has 4 nitrogen and oxygen atoms in total. The molecule has 0 saturated heterocycles. The highest BCUT2D eigenvalue weighted by molar-refractivity contribution is 5.00. The summed E-state index contributed by atoms with van der Waals surface area (Å²) in [7, 11) is 0. The van der Waals surface area contributed by atoms with Crippen molar-refractivity contribution in [2.24, 2.45) is 0 Å². The first-order valence-corrected chi connectivity index (χ1v) is 3.46. The highest BCUT2D eigenvalue weighted by atomic mass is 16.2. The number of nitrogens with one attached hydrogen (secondary N) is 1. The van der Waals surface area contributed by atoms with Crippen LogP contribution in [0, 0.1) is 6.92 Å². The van der Waals surface area contributed by atoms with Crippen LogP contribution in [0.15, 0.2) is 15.8 Å². The van der Waals surface area contributed by atoms with E-state index in [0.29, 0.717) is 12.1 Å². The number of aromatic amines is 1. The van der Waals surface area contributed by atoms with Crippen LogP contribution in [-0.4, -0.2) is 9.55 Å². The second-order valence-electron chi connectivity index (χ2n) is 2.33. The molecular weight excluding hydrogens is 144 g/mol. The van der Waals surface area contributed by atoms with Gasteiger partial charge in [-0.05, 0) is 13.8 Å². The largest absolute Gasteiger partial charge is 0.328 e. The van der Waals surface area contributed by atoms with Crippen LogP contribution in [0.2, 0.25) is 0 Å². The van der Waals surface area contributed by atoms with Gasteiger partial charge in [-0.25, -0.2) is 4.79 Å². The van der Waals surface area contributed by atoms with Crippen molar-refractivity contribution >= 4 is 0 Å². The van der Waals surface area contributed by atoms with Gasteiger partial charge in [-0.15, -0.1) is 0 Å². The van der Waals surface area contributed by atoms with Crippen LogP contribution < -0.4 is 11.2 Å². The number of rotatable bonds is 1. The molecule has 0 fully saturated rings. The van der Waals surface area contributed by atoms with Crippen molar-refractivity contribution in [3.05, 3.63) is 32.6 Å². The van der Waals surface area contributed by atoms with E-state index in [1.807, 2.05) is 0 Å². The molecule has 1 aromatic rings. The summed E-state index contributed by atoms with van der Waals surface area (Å²) in [5.74, 6) is 0. The van der Waals surface area contributed by atoms with Gasteiger partial charge < -0.3 is 4.98 Å². The third-order valence-electron chi connectivity index (χ3n) is 1.56. The number of aryl methyl sites for hydroxylation is 1. The average Bonchev–Trinajstić information content (AvgIpc) is 1.99. The van der Waals surface area contributed by atoms with Crippen LogP contribution >= 0.6 is 0 Å². The van der Waals surface area contributed by atoms with Gasteiger partial charge in [-0.2, -0.15) is 0 Å². The van der Waals surface area contributed by atoms with Gasteiger partial charge in [0, 0.05) is 18.3 Å². The molecule has 0 radical (unpaired) electrons. The highest BCUT2D eigenvalue weighted by Crippen LogP contribution is 1.78. The summed E-state index contributed by atoms with van der Waals surface area (Å²) in [5, 5.41) is 0. The van der Waals surface area contributed by atoms with Crippen molar-refractivity contribution in [2.75, 3.05) is 0 Å². The van der Waals surface area contributed by atoms with Gasteiger partial charge in [0.15, 0.2) is 0 Å². The highest BCUT2D eigenvalue weighted by Gasteiger charge is 1.99. The van der Waals surface area contributed by atoms with Crippen LogP contribution in [0.5, 0.6) is 0 Å². The monoisotopic (exact) mass is 154 g/mol. The first-order valence-electron chi connectivity index (χ1n) is 3.46. The van der Waals surface area contributed by atoms with Crippen LogP contribution in [-0.2, 0) is 6.54 Å². The molecular formula is C7H10N2O2. The van der Waals surface area contributed by atoms with Gasteiger partial charge in [-0.3, -0.25) is 9.36 Å². The lowest BCUT2D eigenvalue weighted by Crippen LogP contribution is -2.35. The Bertz CT molecular complexity index is 361. The topological polar surface area (TPSA) is 54.9 Å². The lowest BCUT2D eigenvalue weighted by atomic mass is 10.4. The van der Waals surface area contributed by atoms with Gasteiger partial charge in [0.1, 0.15) is 0 Å². The molecule has 4 heteroatoms. The van der Waals surface area contributed by atoms with Crippen molar-refractivity contribution in [1.82, 2.24) is 9.55 Å². The van der Waals surface area contributed by atoms with E-state index in [0.717, 1.165) is 4.57 Å². The van der Waals surface area contributed by atoms with E-state index in [-0.39, 0.29) is 11.2 Å². The average molecular weight is 154 g/mol. The Balaban J connectivity index is 3.55. The van der Waals surface area contributed by atoms with E-state index in [1.54, 1.807) is 13.8 Å². The maximum absolute atomic E-state index is 11.2. The summed E-state index contributed by atoms with van der Waals surface area (Å²) < 4.78 is 1.16. The summed E-state index contributed by atoms with van der Waals surface area (Å²) in [5.41, 5.74) is 0.00537. The Morgan fingerprint density at radius 3 is 2.64 bits per heavy atom. The molecule has 0 spiro atoms. The molecule has 0 saturated carbocycles. The van der Waals surface area contributed by atoms with E-state index in [2.05, 4.69) is 4.98 Å². The third kappa shape index (κ3) is 1.24. The van der Waals surface area contributed by atoms with Crippen molar-refractivity contribution in [3.63, 3.8) is 0 Å². The summed E-state index contributed by atoms with van der Waals surface area (Å²) in [6.07, 6.45) is 1.43. The lowest BCUT2D eigenvalue weighted by molar-refractivity contribution is 0.666. The fraction of sp³-hybridized carbons (Fsp3) is 0.429. The number of H-pyrrole nitrogens is 1. The van der Waals surface area contributed by atoms with E-state index >= 15 is 0 Å². The van der Waals surface area contributed by atoms with Crippen LogP contribution in [0.4, 0.5) is 0 Å². The number of hydrogen-bond acceptors (Lipinski definition) is 2. The van der Waals surface area contributed by atoms with Crippen molar-refractivity contribution in [2.45, 2.75) is 20.4 Å². The molecule has 1 heterocycles. The predicted molar refractivity (Wildman–Crippen MR) is 41.7 cm³/mol. The zero-order valence-corrected chi connectivity index (χ0v) is 6.55. The minimum atomic E-state index is -0.344. The Morgan fingerprint density at radius 2 is 2.18 bits per heavy atom. The van der Waals surface area contributed by atoms with Crippen LogP contribution in [0.3, 0.4) is 0 Å². The maximum Gasteiger partial charge on any atom is 0.328 e. The molecule has 60 valence electrons. The van der Waals surface area contributed by atoms with Gasteiger partial charge in [-0.1, -0.05) is 0 Å². The van der Waals surface area contributed by atoms with E-state index in [9.17, 15) is 9.59 Å². The first kappa shape index (κ1) is 7.78. The Kier molecular flexibility index (Phi) is 1.94. The number of nitrogens with zero attached hydrogens (tertiary/aromatic N) is 1. The molecule has 0 amide bonds. The normalized spacial score (nSPS) is 10.0. The van der Waals surface area contributed by atoms with Crippen molar-refractivity contribution < 1.29 is 0 Å². The number of aromatic nitrogens is 2. The van der Waals surface area contributed by atoms with Gasteiger partial charge in [0.2, 0.25) is 0 Å². The molecule has 1 aromatic heterocycles. The Morgan fingerprint density at radius 1 is 1.55 bits per heavy atom. The number of hydrogen-bond donors (Lipinski definition) is 1. The van der Waals surface area contributed by atoms with Gasteiger partial charge in [0.25, 0.3) is 5.56 Å². The third-order valence-corrected chi connectivity index (χ3v) is 1.56. The van der Waals surface area contributed by atoms with Crippen LogP contribution in [0.1, 0.15) is 12.5 Å². The smallest absolute Gasteiger partial charge is 0.314 e. The van der Waals surface area contributed by atoms with Gasteiger partial charge >= 0.3 is 5.69 Å². The molecule has 0 bridgehead atoms. The second-order valence-corrected chi connectivity index (χ2v) is 2.33. The van der Waals surface area contributed by atoms with E-state index < -0.39 is 0 Å². The predicted octanol–water partition coefficient (Wildman–Crippen LogP) is -0.135. The van der Waals surface area contributed by atoms with Crippen LogP contribution in [0.25, 0.3) is 0 Å². The minimum Gasteiger partial charge on any atom is -0.314 e. The molecule has 0 aliphatic rings. The molecule has 0 atom stereocenters. The van der Waals surface area contributed by atoms with Crippen molar-refractivity contribution in [3.8, 4) is 0 Å². The molecule has 0 unspecified atom stereocenters. The summed E-state index contributed by atoms with van der Waals surface area (Å²) in [6, 6.07) is 0. The molecule has 0 aliphatic carbocycles. The molecule has 11 heavy (non-hydrogen) atoms. The van der Waals surface area contributed by atoms with Crippen molar-refractivity contribution in [1.29, 1.82) is 0 Å². The summed E-state index contributed by atoms with van der Waals surface area (Å²) in [6.45, 7) is 3.84. The molecule has 0 aliphatic heterocycles. The quantitative estimate of drug-likeness (QED) is 0.612. The second kappa shape index (κ2) is 2.74. The minimum absolute atomic E-state index is 0.212. The summed E-state index contributed by atoms with van der Waals surface area (Å²) >= 11 is 0. The molecule has 1 rings (SSSR count). The fourth-order valence-electron chi connectivity index (χ4n) is 0.902. The fourth-order valence-corrected chi connectivity index (χ4v) is 0.902. The zero-order chi connectivity index (χ0) is 8.43. The lowest BCUT2D eigenvalue weighted by Gasteiger charge is -1.98. The van der Waals surface area contributed by atoms with E-state index in [4.69, 9.17) is 0 Å². The molecule has 1 N–H and O–H groups in total. The molecule has 0 aromatic carbocycles. The Hall–Kier alpha value is -1.32.